The second kappa shape index (κ2) is 5.23. The predicted molar refractivity (Wildman–Crippen MR) is 75.8 cm³/mol. The number of nitrogens with zero attached hydrogens (tertiary/aromatic N) is 2. The second-order valence-electron chi connectivity index (χ2n) is 6.65. The molecule has 0 N–H and O–H groups in total. The van der Waals surface area contributed by atoms with Crippen molar-refractivity contribution in [3.63, 3.8) is 0 Å². The quantitative estimate of drug-likeness (QED) is 0.641. The van der Waals surface area contributed by atoms with Crippen LogP contribution in [0.5, 0.6) is 0 Å². The molecule has 0 aliphatic carbocycles. The summed E-state index contributed by atoms with van der Waals surface area (Å²) in [5, 5.41) is 0. The molecule has 4 atom stereocenters. The first-order valence-corrected chi connectivity index (χ1v) is 8.17. The maximum Gasteiger partial charge on any atom is 0.0865 e. The fourth-order valence-corrected chi connectivity index (χ4v) is 2.84. The Morgan fingerprint density at radius 3 is 0.955 bits per heavy atom. The molecule has 5 heterocycles. The molecule has 0 spiro atoms. The van der Waals surface area contributed by atoms with E-state index < -0.39 is 0 Å². The van der Waals surface area contributed by atoms with Gasteiger partial charge < -0.3 is 18.9 Å². The molecule has 118 valence electrons. The van der Waals surface area contributed by atoms with E-state index in [1.165, 1.54) is 0 Å². The standard InChI is InChI=1S/C16H20N2O4/c1(9-5-19-9)13-14(2-10-6-20-10)18-16(4-12-8-22-12)15(17-13)3-11-7-21-11/h9-12H,1-8H2. The van der Waals surface area contributed by atoms with Gasteiger partial charge in [0, 0.05) is 25.7 Å². The Labute approximate surface area is 129 Å². The lowest BCUT2D eigenvalue weighted by molar-refractivity contribution is 0.392. The lowest BCUT2D eigenvalue weighted by Gasteiger charge is -2.13. The van der Waals surface area contributed by atoms with Crippen LogP contribution in [0, 0.1) is 0 Å². The fraction of sp³-hybridized carbons (Fsp3) is 0.750. The van der Waals surface area contributed by atoms with Gasteiger partial charge in [0.25, 0.3) is 0 Å². The van der Waals surface area contributed by atoms with Gasteiger partial charge in [-0.1, -0.05) is 0 Å². The molecular weight excluding hydrogens is 284 g/mol. The summed E-state index contributed by atoms with van der Waals surface area (Å²) in [6, 6.07) is 0. The molecule has 5 rings (SSSR count). The van der Waals surface area contributed by atoms with Crippen LogP contribution < -0.4 is 0 Å². The molecule has 6 nitrogen and oxygen atoms in total. The van der Waals surface area contributed by atoms with Gasteiger partial charge in [0.05, 0.1) is 73.6 Å². The lowest BCUT2D eigenvalue weighted by atomic mass is 10.1. The zero-order valence-electron chi connectivity index (χ0n) is 12.5. The van der Waals surface area contributed by atoms with Crippen molar-refractivity contribution in [1.82, 2.24) is 9.97 Å². The number of ether oxygens (including phenoxy) is 4. The minimum Gasteiger partial charge on any atom is -0.373 e. The van der Waals surface area contributed by atoms with Crippen molar-refractivity contribution in [2.45, 2.75) is 50.1 Å². The van der Waals surface area contributed by atoms with Crippen molar-refractivity contribution >= 4 is 0 Å². The summed E-state index contributed by atoms with van der Waals surface area (Å²) >= 11 is 0. The zero-order valence-corrected chi connectivity index (χ0v) is 12.5. The molecule has 4 saturated heterocycles. The highest BCUT2D eigenvalue weighted by Gasteiger charge is 2.33. The van der Waals surface area contributed by atoms with Crippen LogP contribution in [0.2, 0.25) is 0 Å². The van der Waals surface area contributed by atoms with Crippen molar-refractivity contribution in [2.24, 2.45) is 0 Å². The van der Waals surface area contributed by atoms with Gasteiger partial charge in [-0.05, 0) is 0 Å². The summed E-state index contributed by atoms with van der Waals surface area (Å²) in [6.45, 7) is 3.39. The first kappa shape index (κ1) is 13.4. The lowest BCUT2D eigenvalue weighted by Crippen LogP contribution is -2.16. The average Bonchev–Trinajstić information content (AvgIpc) is 3.31. The van der Waals surface area contributed by atoms with E-state index in [0.29, 0.717) is 24.4 Å². The number of hydrogen-bond acceptors (Lipinski definition) is 6. The van der Waals surface area contributed by atoms with Crippen LogP contribution in [0.25, 0.3) is 0 Å². The normalized spacial score (nSPS) is 34.5. The van der Waals surface area contributed by atoms with E-state index >= 15 is 0 Å². The van der Waals surface area contributed by atoms with Crippen molar-refractivity contribution in [2.75, 3.05) is 26.4 Å². The van der Waals surface area contributed by atoms with Crippen LogP contribution in [0.4, 0.5) is 0 Å². The average molecular weight is 304 g/mol. The molecule has 0 aromatic carbocycles. The van der Waals surface area contributed by atoms with Gasteiger partial charge >= 0.3 is 0 Å². The molecule has 4 aliphatic heterocycles. The predicted octanol–water partition coefficient (Wildman–Crippen LogP) is 0.242. The smallest absolute Gasteiger partial charge is 0.0865 e. The summed E-state index contributed by atoms with van der Waals surface area (Å²) in [6.07, 6.45) is 4.79. The number of rotatable bonds is 8. The summed E-state index contributed by atoms with van der Waals surface area (Å²) in [4.78, 5) is 9.92. The molecule has 0 radical (unpaired) electrons. The molecule has 4 aliphatic rings. The molecule has 4 unspecified atom stereocenters. The van der Waals surface area contributed by atoms with Crippen LogP contribution in [0.1, 0.15) is 22.8 Å². The largest absolute Gasteiger partial charge is 0.373 e. The summed E-state index contributed by atoms with van der Waals surface area (Å²) in [5.41, 5.74) is 4.37. The molecular formula is C16H20N2O4. The Kier molecular flexibility index (Phi) is 3.18. The number of epoxide rings is 4. The molecule has 0 bridgehead atoms. The molecule has 0 saturated carbocycles. The minimum atomic E-state index is 0.329. The third kappa shape index (κ3) is 3.30. The monoisotopic (exact) mass is 304 g/mol. The topological polar surface area (TPSA) is 75.9 Å². The molecule has 6 heteroatoms. The SMILES string of the molecule is C1OC1Cc1nc(CC2CO2)c(CC2CO2)nc1CC1CO1. The number of hydrogen-bond donors (Lipinski definition) is 0. The van der Waals surface area contributed by atoms with Gasteiger partial charge in [0.15, 0.2) is 0 Å². The van der Waals surface area contributed by atoms with E-state index in [-0.39, 0.29) is 0 Å². The fourth-order valence-electron chi connectivity index (χ4n) is 2.84. The Bertz CT molecular complexity index is 480. The van der Waals surface area contributed by atoms with E-state index in [1.54, 1.807) is 0 Å². The van der Waals surface area contributed by atoms with Crippen LogP contribution in [0.3, 0.4) is 0 Å². The maximum atomic E-state index is 5.38. The van der Waals surface area contributed by atoms with Crippen molar-refractivity contribution in [3.05, 3.63) is 22.8 Å². The Balaban J connectivity index is 1.45. The second-order valence-corrected chi connectivity index (χ2v) is 6.65. The Morgan fingerprint density at radius 2 is 0.773 bits per heavy atom. The highest BCUT2D eigenvalue weighted by Crippen LogP contribution is 2.26. The van der Waals surface area contributed by atoms with Crippen LogP contribution in [0.15, 0.2) is 0 Å². The minimum absolute atomic E-state index is 0.329. The summed E-state index contributed by atoms with van der Waals surface area (Å²) in [7, 11) is 0. The van der Waals surface area contributed by atoms with Gasteiger partial charge in [0.2, 0.25) is 0 Å². The molecule has 0 amide bonds. The highest BCUT2D eigenvalue weighted by atomic mass is 16.6. The van der Waals surface area contributed by atoms with Crippen molar-refractivity contribution < 1.29 is 18.9 Å². The summed E-state index contributed by atoms with van der Waals surface area (Å²) < 4.78 is 21.5. The van der Waals surface area contributed by atoms with Gasteiger partial charge in [-0.3, -0.25) is 9.97 Å². The van der Waals surface area contributed by atoms with Gasteiger partial charge in [-0.25, -0.2) is 0 Å². The van der Waals surface area contributed by atoms with E-state index in [0.717, 1.165) is 74.9 Å². The highest BCUT2D eigenvalue weighted by molar-refractivity contribution is 5.25. The third-order valence-electron chi connectivity index (χ3n) is 4.50. The van der Waals surface area contributed by atoms with Crippen molar-refractivity contribution in [1.29, 1.82) is 0 Å². The molecule has 22 heavy (non-hydrogen) atoms. The van der Waals surface area contributed by atoms with Gasteiger partial charge in [0.1, 0.15) is 0 Å². The first-order chi connectivity index (χ1) is 10.8. The van der Waals surface area contributed by atoms with E-state index in [1.807, 2.05) is 0 Å². The summed E-state index contributed by atoms with van der Waals surface area (Å²) in [5.74, 6) is 0. The van der Waals surface area contributed by atoms with Crippen LogP contribution in [-0.2, 0) is 44.6 Å². The molecule has 4 fully saturated rings. The number of aromatic nitrogens is 2. The third-order valence-corrected chi connectivity index (χ3v) is 4.50. The van der Waals surface area contributed by atoms with E-state index in [9.17, 15) is 0 Å². The Morgan fingerprint density at radius 1 is 0.545 bits per heavy atom. The molecule has 1 aromatic rings. The maximum absolute atomic E-state index is 5.38. The van der Waals surface area contributed by atoms with Gasteiger partial charge in [-0.15, -0.1) is 0 Å². The first-order valence-electron chi connectivity index (χ1n) is 8.17. The van der Waals surface area contributed by atoms with Gasteiger partial charge in [-0.2, -0.15) is 0 Å². The van der Waals surface area contributed by atoms with Crippen LogP contribution in [-0.4, -0.2) is 60.8 Å². The van der Waals surface area contributed by atoms with E-state index in [2.05, 4.69) is 0 Å². The molecule has 1 aromatic heterocycles. The van der Waals surface area contributed by atoms with Crippen molar-refractivity contribution in [3.8, 4) is 0 Å². The zero-order chi connectivity index (χ0) is 14.5. The van der Waals surface area contributed by atoms with E-state index in [4.69, 9.17) is 28.9 Å². The van der Waals surface area contributed by atoms with Crippen LogP contribution >= 0.6 is 0 Å². The Hall–Kier alpha value is -1.08.